The molecule has 0 radical (unpaired) electrons. The number of anilines is 1. The third kappa shape index (κ3) is 5.36. The van der Waals surface area contributed by atoms with Crippen LogP contribution in [0, 0.1) is 11.3 Å². The molecule has 1 atom stereocenters. The highest BCUT2D eigenvalue weighted by atomic mass is 32.1. The number of aromatic hydroxyl groups is 1. The quantitative estimate of drug-likeness (QED) is 0.324. The number of phenolic OH excluding ortho intramolecular Hbond substituents is 1. The summed E-state index contributed by atoms with van der Waals surface area (Å²) in [5, 5.41) is 25.3. The van der Waals surface area contributed by atoms with E-state index in [1.807, 2.05) is 4.90 Å². The Morgan fingerprint density at radius 1 is 1.15 bits per heavy atom. The lowest BCUT2D eigenvalue weighted by atomic mass is 9.95. The molecule has 9 nitrogen and oxygen atoms in total. The molecule has 1 aliphatic heterocycles. The third-order valence-electron chi connectivity index (χ3n) is 6.75. The lowest BCUT2D eigenvalue weighted by Gasteiger charge is -2.35. The van der Waals surface area contributed by atoms with Crippen molar-refractivity contribution >= 4 is 29.0 Å². The van der Waals surface area contributed by atoms with Crippen LogP contribution in [0.2, 0.25) is 0 Å². The fraction of sp³-hybridized carbons (Fsp3) is 0.207. The molecule has 2 aromatic heterocycles. The number of nitrogens with zero attached hydrogens (tertiary/aromatic N) is 4. The van der Waals surface area contributed by atoms with Gasteiger partial charge in [-0.3, -0.25) is 9.59 Å². The Hall–Kier alpha value is -4.59. The molecule has 2 aromatic carbocycles. The Bertz CT molecular complexity index is 1560. The zero-order chi connectivity index (χ0) is 27.4. The van der Waals surface area contributed by atoms with Crippen LogP contribution >= 0.6 is 11.3 Å². The van der Waals surface area contributed by atoms with Gasteiger partial charge in [0.15, 0.2) is 10.8 Å². The van der Waals surface area contributed by atoms with Crippen molar-refractivity contribution in [3.63, 3.8) is 0 Å². The van der Waals surface area contributed by atoms with Crippen molar-refractivity contribution in [2.45, 2.75) is 25.3 Å². The average molecular weight is 539 g/mol. The van der Waals surface area contributed by atoms with E-state index in [1.165, 1.54) is 12.3 Å². The van der Waals surface area contributed by atoms with Gasteiger partial charge in [-0.1, -0.05) is 24.3 Å². The van der Waals surface area contributed by atoms with E-state index >= 15 is 0 Å². The highest BCUT2D eigenvalue weighted by Crippen LogP contribution is 2.36. The number of thiazole rings is 1. The number of nitrogens with two attached hydrogens (primary N) is 1. The number of rotatable bonds is 6. The second-order valence-corrected chi connectivity index (χ2v) is 10.1. The molecule has 0 bridgehead atoms. The first-order valence-corrected chi connectivity index (χ1v) is 13.4. The van der Waals surface area contributed by atoms with E-state index in [1.54, 1.807) is 53.9 Å². The maximum atomic E-state index is 13.5. The van der Waals surface area contributed by atoms with Gasteiger partial charge in [0, 0.05) is 47.4 Å². The fourth-order valence-electron chi connectivity index (χ4n) is 4.80. The minimum absolute atomic E-state index is 0.000268. The molecule has 1 aliphatic rings. The van der Waals surface area contributed by atoms with Gasteiger partial charge in [-0.15, -0.1) is 11.3 Å². The zero-order valence-electron chi connectivity index (χ0n) is 21.0. The summed E-state index contributed by atoms with van der Waals surface area (Å²) in [6.07, 6.45) is 4.36. The Balaban J connectivity index is 1.62. The van der Waals surface area contributed by atoms with Crippen LogP contribution in [0.4, 0.5) is 5.82 Å². The SMILES string of the molecule is N#Cc1c(-c2cccc(C(=O)N3CCCCC3CN)c2)cc(-c2ccccc2O)nc1NC(=O)c1nccs1. The molecule has 4 N–H and O–H groups in total. The maximum Gasteiger partial charge on any atom is 0.285 e. The van der Waals surface area contributed by atoms with Gasteiger partial charge < -0.3 is 21.1 Å². The molecule has 3 heterocycles. The number of phenols is 1. The number of likely N-dealkylation sites (tertiary alicyclic amines) is 1. The Labute approximate surface area is 229 Å². The number of nitriles is 1. The number of hydrogen-bond acceptors (Lipinski definition) is 8. The number of nitrogens with one attached hydrogen (secondary N) is 1. The second kappa shape index (κ2) is 11.4. The Morgan fingerprint density at radius 2 is 2.00 bits per heavy atom. The zero-order valence-corrected chi connectivity index (χ0v) is 21.8. The van der Waals surface area contributed by atoms with E-state index in [4.69, 9.17) is 5.73 Å². The molecule has 0 spiro atoms. The van der Waals surface area contributed by atoms with Crippen LogP contribution in [0.5, 0.6) is 5.75 Å². The Morgan fingerprint density at radius 3 is 2.74 bits per heavy atom. The highest BCUT2D eigenvalue weighted by Gasteiger charge is 2.27. The van der Waals surface area contributed by atoms with E-state index in [2.05, 4.69) is 21.4 Å². The predicted molar refractivity (Wildman–Crippen MR) is 149 cm³/mol. The molecule has 39 heavy (non-hydrogen) atoms. The van der Waals surface area contributed by atoms with Crippen LogP contribution in [0.1, 0.15) is 45.0 Å². The van der Waals surface area contributed by atoms with Crippen molar-refractivity contribution in [1.29, 1.82) is 5.26 Å². The first-order valence-electron chi connectivity index (χ1n) is 12.6. The molecule has 1 unspecified atom stereocenters. The van der Waals surface area contributed by atoms with Crippen LogP contribution in [-0.4, -0.2) is 50.9 Å². The average Bonchev–Trinajstić information content (AvgIpc) is 3.52. The molecule has 2 amide bonds. The van der Waals surface area contributed by atoms with Crippen molar-refractivity contribution in [2.24, 2.45) is 5.73 Å². The Kier molecular flexibility index (Phi) is 7.63. The van der Waals surface area contributed by atoms with Gasteiger partial charge in [0.1, 0.15) is 17.4 Å². The molecule has 4 aromatic rings. The van der Waals surface area contributed by atoms with Gasteiger partial charge in [-0.2, -0.15) is 5.26 Å². The summed E-state index contributed by atoms with van der Waals surface area (Å²) in [6, 6.07) is 17.6. The standard InChI is InChI=1S/C29H26N6O3S/c30-16-20-8-3-4-12-35(20)29(38)19-7-5-6-18(14-19)22-15-24(21-9-1-2-10-25(21)36)33-26(23(22)17-31)34-27(37)28-32-11-13-39-28/h1-2,5-7,9-11,13-15,20,36H,3-4,8,12,16,30H2,(H,33,34,37). The molecule has 196 valence electrons. The van der Waals surface area contributed by atoms with Gasteiger partial charge in [-0.05, 0) is 55.2 Å². The summed E-state index contributed by atoms with van der Waals surface area (Å²) in [5.41, 5.74) is 8.40. The summed E-state index contributed by atoms with van der Waals surface area (Å²) in [5.74, 6) is -0.585. The predicted octanol–water partition coefficient (Wildman–Crippen LogP) is 4.66. The molecule has 0 saturated carbocycles. The smallest absolute Gasteiger partial charge is 0.285 e. The summed E-state index contributed by atoms with van der Waals surface area (Å²) in [6.45, 7) is 1.05. The van der Waals surface area contributed by atoms with E-state index in [0.29, 0.717) is 41.0 Å². The van der Waals surface area contributed by atoms with Crippen molar-refractivity contribution < 1.29 is 14.7 Å². The molecule has 0 aliphatic carbocycles. The number of hydrogen-bond donors (Lipinski definition) is 3. The molecule has 1 saturated heterocycles. The van der Waals surface area contributed by atoms with Crippen LogP contribution in [0.3, 0.4) is 0 Å². The first kappa shape index (κ1) is 26.0. The summed E-state index contributed by atoms with van der Waals surface area (Å²) < 4.78 is 0. The van der Waals surface area contributed by atoms with Crippen LogP contribution in [-0.2, 0) is 0 Å². The molecular weight excluding hydrogens is 512 g/mol. The molecule has 10 heteroatoms. The van der Waals surface area contributed by atoms with Gasteiger partial charge in [-0.25, -0.2) is 9.97 Å². The van der Waals surface area contributed by atoms with Gasteiger partial charge in [0.05, 0.1) is 5.69 Å². The number of carbonyl (C=O) groups excluding carboxylic acids is 2. The monoisotopic (exact) mass is 538 g/mol. The number of piperidine rings is 1. The third-order valence-corrected chi connectivity index (χ3v) is 7.52. The number of carbonyl (C=O) groups is 2. The number of amides is 2. The lowest BCUT2D eigenvalue weighted by molar-refractivity contribution is 0.0623. The van der Waals surface area contributed by atoms with Gasteiger partial charge >= 0.3 is 0 Å². The number of benzene rings is 2. The van der Waals surface area contributed by atoms with E-state index in [9.17, 15) is 20.0 Å². The number of pyridine rings is 1. The van der Waals surface area contributed by atoms with Crippen LogP contribution < -0.4 is 11.1 Å². The molecular formula is C29H26N6O3S. The van der Waals surface area contributed by atoms with E-state index in [-0.39, 0.29) is 34.1 Å². The van der Waals surface area contributed by atoms with Gasteiger partial charge in [0.2, 0.25) is 0 Å². The van der Waals surface area contributed by atoms with Crippen LogP contribution in [0.25, 0.3) is 22.4 Å². The normalized spacial score (nSPS) is 15.0. The largest absolute Gasteiger partial charge is 0.507 e. The number of aromatic nitrogens is 2. The van der Waals surface area contributed by atoms with Crippen molar-refractivity contribution in [3.8, 4) is 34.2 Å². The minimum atomic E-state index is -0.503. The molecule has 5 rings (SSSR count). The summed E-state index contributed by atoms with van der Waals surface area (Å²) >= 11 is 1.16. The lowest BCUT2D eigenvalue weighted by Crippen LogP contribution is -2.47. The maximum absolute atomic E-state index is 13.5. The highest BCUT2D eigenvalue weighted by molar-refractivity contribution is 7.11. The molecule has 1 fully saturated rings. The first-order chi connectivity index (χ1) is 19.0. The van der Waals surface area contributed by atoms with E-state index < -0.39 is 5.91 Å². The van der Waals surface area contributed by atoms with Gasteiger partial charge in [0.25, 0.3) is 11.8 Å². The minimum Gasteiger partial charge on any atom is -0.507 e. The van der Waals surface area contributed by atoms with Crippen molar-refractivity contribution in [2.75, 3.05) is 18.4 Å². The summed E-state index contributed by atoms with van der Waals surface area (Å²) in [7, 11) is 0. The number of para-hydroxylation sites is 1. The van der Waals surface area contributed by atoms with E-state index in [0.717, 1.165) is 30.6 Å². The van der Waals surface area contributed by atoms with Crippen molar-refractivity contribution in [1.82, 2.24) is 14.9 Å². The van der Waals surface area contributed by atoms with Crippen LogP contribution in [0.15, 0.2) is 66.2 Å². The summed E-state index contributed by atoms with van der Waals surface area (Å²) in [4.78, 5) is 36.7. The fourth-order valence-corrected chi connectivity index (χ4v) is 5.33. The van der Waals surface area contributed by atoms with Crippen molar-refractivity contribution in [3.05, 3.63) is 82.3 Å². The topological polar surface area (TPSA) is 145 Å². The second-order valence-electron chi connectivity index (χ2n) is 9.16.